The Bertz CT molecular complexity index is 135. The first-order valence-electron chi connectivity index (χ1n) is 5.01. The lowest BCUT2D eigenvalue weighted by atomic mass is 10.1. The molecular formula is C10H20N2. The molecule has 2 nitrogen and oxygen atoms in total. The van der Waals surface area contributed by atoms with Gasteiger partial charge in [-0.2, -0.15) is 0 Å². The Kier molecular flexibility index (Phi) is 4.30. The number of hydrogen-bond acceptors (Lipinski definition) is 2. The van der Waals surface area contributed by atoms with E-state index in [0.29, 0.717) is 6.04 Å². The zero-order chi connectivity index (χ0) is 8.81. The molecule has 2 heteroatoms. The molecule has 0 saturated carbocycles. The largest absolute Gasteiger partial charge is 0.317 e. The van der Waals surface area contributed by atoms with Gasteiger partial charge in [0.05, 0.1) is 6.04 Å². The van der Waals surface area contributed by atoms with Gasteiger partial charge >= 0.3 is 0 Å². The Morgan fingerprint density at radius 2 is 2.08 bits per heavy atom. The molecule has 1 saturated heterocycles. The second kappa shape index (κ2) is 5.31. The van der Waals surface area contributed by atoms with Crippen molar-refractivity contribution in [2.45, 2.75) is 39.2 Å². The van der Waals surface area contributed by atoms with Gasteiger partial charge in [0.25, 0.3) is 0 Å². The van der Waals surface area contributed by atoms with E-state index < -0.39 is 0 Å². The molecule has 0 bridgehead atoms. The van der Waals surface area contributed by atoms with Gasteiger partial charge in [-0.15, -0.1) is 0 Å². The Labute approximate surface area is 75.5 Å². The van der Waals surface area contributed by atoms with Gasteiger partial charge in [-0.3, -0.25) is 4.99 Å². The van der Waals surface area contributed by atoms with Crippen molar-refractivity contribution in [2.24, 2.45) is 10.9 Å². The van der Waals surface area contributed by atoms with Crippen molar-refractivity contribution in [1.29, 1.82) is 0 Å². The van der Waals surface area contributed by atoms with Crippen LogP contribution in [0.1, 0.15) is 33.1 Å². The van der Waals surface area contributed by atoms with Crippen LogP contribution in [0.3, 0.4) is 0 Å². The molecule has 12 heavy (non-hydrogen) atoms. The molecule has 1 fully saturated rings. The smallest absolute Gasteiger partial charge is 0.0519 e. The topological polar surface area (TPSA) is 24.4 Å². The molecule has 1 heterocycles. The molecule has 1 rings (SSSR count). The van der Waals surface area contributed by atoms with Crippen LogP contribution < -0.4 is 5.32 Å². The molecule has 1 aliphatic rings. The third-order valence-electron chi connectivity index (χ3n) is 2.20. The zero-order valence-corrected chi connectivity index (χ0v) is 8.21. The monoisotopic (exact) mass is 168 g/mol. The number of rotatable bonds is 3. The highest BCUT2D eigenvalue weighted by Crippen LogP contribution is 2.06. The summed E-state index contributed by atoms with van der Waals surface area (Å²) in [5.41, 5.74) is 0. The van der Waals surface area contributed by atoms with E-state index in [1.54, 1.807) is 0 Å². The summed E-state index contributed by atoms with van der Waals surface area (Å²) in [6.07, 6.45) is 5.67. The van der Waals surface area contributed by atoms with Crippen molar-refractivity contribution in [1.82, 2.24) is 5.32 Å². The van der Waals surface area contributed by atoms with Crippen LogP contribution in [-0.2, 0) is 0 Å². The SMILES string of the molecule is CC(C)C/C=N/C1CCNCC1. The maximum absolute atomic E-state index is 4.56. The number of piperidine rings is 1. The van der Waals surface area contributed by atoms with Crippen molar-refractivity contribution < 1.29 is 0 Å². The highest BCUT2D eigenvalue weighted by Gasteiger charge is 2.09. The third kappa shape index (κ3) is 3.86. The molecule has 0 aromatic carbocycles. The van der Waals surface area contributed by atoms with Crippen molar-refractivity contribution in [3.8, 4) is 0 Å². The van der Waals surface area contributed by atoms with Crippen LogP contribution >= 0.6 is 0 Å². The van der Waals surface area contributed by atoms with Crippen LogP contribution in [0, 0.1) is 5.92 Å². The molecule has 1 aliphatic heterocycles. The molecule has 0 spiro atoms. The quantitative estimate of drug-likeness (QED) is 0.639. The Hall–Kier alpha value is -0.370. The molecule has 0 aromatic rings. The lowest BCUT2D eigenvalue weighted by Gasteiger charge is -2.18. The first-order valence-corrected chi connectivity index (χ1v) is 5.01. The second-order valence-corrected chi connectivity index (χ2v) is 3.94. The number of nitrogens with zero attached hydrogens (tertiary/aromatic N) is 1. The average Bonchev–Trinajstić information content (AvgIpc) is 2.05. The zero-order valence-electron chi connectivity index (χ0n) is 8.21. The van der Waals surface area contributed by atoms with Crippen LogP contribution in [0.5, 0.6) is 0 Å². The van der Waals surface area contributed by atoms with E-state index in [0.717, 1.165) is 25.4 Å². The van der Waals surface area contributed by atoms with E-state index in [2.05, 4.69) is 30.4 Å². The summed E-state index contributed by atoms with van der Waals surface area (Å²) in [5.74, 6) is 0.746. The number of aliphatic imine (C=N–C) groups is 1. The molecule has 70 valence electrons. The maximum atomic E-state index is 4.56. The lowest BCUT2D eigenvalue weighted by Crippen LogP contribution is -2.29. The number of nitrogens with one attached hydrogen (secondary N) is 1. The molecule has 0 aromatic heterocycles. The summed E-state index contributed by atoms with van der Waals surface area (Å²) < 4.78 is 0. The fourth-order valence-corrected chi connectivity index (χ4v) is 1.38. The van der Waals surface area contributed by atoms with Crippen LogP contribution in [-0.4, -0.2) is 25.3 Å². The molecule has 0 atom stereocenters. The van der Waals surface area contributed by atoms with Gasteiger partial charge in [0, 0.05) is 0 Å². The Balaban J connectivity index is 2.15. The molecule has 0 unspecified atom stereocenters. The van der Waals surface area contributed by atoms with E-state index in [1.165, 1.54) is 12.8 Å². The summed E-state index contributed by atoms with van der Waals surface area (Å²) in [6.45, 7) is 6.75. The minimum absolute atomic E-state index is 0.602. The van der Waals surface area contributed by atoms with Gasteiger partial charge in [-0.25, -0.2) is 0 Å². The molecule has 0 amide bonds. The summed E-state index contributed by atoms with van der Waals surface area (Å²) in [4.78, 5) is 4.56. The Morgan fingerprint density at radius 1 is 1.42 bits per heavy atom. The maximum Gasteiger partial charge on any atom is 0.0519 e. The van der Waals surface area contributed by atoms with E-state index in [4.69, 9.17) is 0 Å². The first-order chi connectivity index (χ1) is 5.79. The predicted molar refractivity (Wildman–Crippen MR) is 53.8 cm³/mol. The normalized spacial score (nSPS) is 20.9. The van der Waals surface area contributed by atoms with Gasteiger partial charge in [-0.05, 0) is 44.5 Å². The van der Waals surface area contributed by atoms with E-state index >= 15 is 0 Å². The summed E-state index contributed by atoms with van der Waals surface area (Å²) in [7, 11) is 0. The van der Waals surface area contributed by atoms with Crippen LogP contribution in [0.4, 0.5) is 0 Å². The van der Waals surface area contributed by atoms with Crippen LogP contribution in [0.2, 0.25) is 0 Å². The molecule has 1 N–H and O–H groups in total. The van der Waals surface area contributed by atoms with Gasteiger partial charge < -0.3 is 5.32 Å². The van der Waals surface area contributed by atoms with Crippen molar-refractivity contribution >= 4 is 6.21 Å². The molecule has 0 aliphatic carbocycles. The average molecular weight is 168 g/mol. The minimum atomic E-state index is 0.602. The van der Waals surface area contributed by atoms with E-state index in [9.17, 15) is 0 Å². The number of hydrogen-bond donors (Lipinski definition) is 1. The first kappa shape index (κ1) is 9.72. The summed E-state index contributed by atoms with van der Waals surface area (Å²) >= 11 is 0. The fourth-order valence-electron chi connectivity index (χ4n) is 1.38. The van der Waals surface area contributed by atoms with E-state index in [1.807, 2.05) is 0 Å². The van der Waals surface area contributed by atoms with Crippen LogP contribution in [0.15, 0.2) is 4.99 Å². The highest BCUT2D eigenvalue weighted by atomic mass is 14.9. The fraction of sp³-hybridized carbons (Fsp3) is 0.900. The molecule has 0 radical (unpaired) electrons. The highest BCUT2D eigenvalue weighted by molar-refractivity contribution is 5.57. The van der Waals surface area contributed by atoms with Gasteiger partial charge in [0.1, 0.15) is 0 Å². The van der Waals surface area contributed by atoms with Gasteiger partial charge in [0.2, 0.25) is 0 Å². The van der Waals surface area contributed by atoms with Gasteiger partial charge in [0.15, 0.2) is 0 Å². The van der Waals surface area contributed by atoms with Crippen molar-refractivity contribution in [3.63, 3.8) is 0 Å². The van der Waals surface area contributed by atoms with Crippen molar-refractivity contribution in [2.75, 3.05) is 13.1 Å². The minimum Gasteiger partial charge on any atom is -0.317 e. The predicted octanol–water partition coefficient (Wildman–Crippen LogP) is 1.86. The molecular weight excluding hydrogens is 148 g/mol. The summed E-state index contributed by atoms with van der Waals surface area (Å²) in [5, 5.41) is 3.34. The second-order valence-electron chi connectivity index (χ2n) is 3.94. The van der Waals surface area contributed by atoms with Gasteiger partial charge in [-0.1, -0.05) is 13.8 Å². The summed E-state index contributed by atoms with van der Waals surface area (Å²) in [6, 6.07) is 0.602. The van der Waals surface area contributed by atoms with Crippen LogP contribution in [0.25, 0.3) is 0 Å². The van der Waals surface area contributed by atoms with E-state index in [-0.39, 0.29) is 0 Å². The lowest BCUT2D eigenvalue weighted by molar-refractivity contribution is 0.459. The third-order valence-corrected chi connectivity index (χ3v) is 2.20. The standard InChI is InChI=1S/C10H20N2/c1-9(2)3-8-12-10-4-6-11-7-5-10/h8-11H,3-7H2,1-2H3/b12-8+. The van der Waals surface area contributed by atoms with Crippen molar-refractivity contribution in [3.05, 3.63) is 0 Å². The Morgan fingerprint density at radius 3 is 2.67 bits per heavy atom.